The van der Waals surface area contributed by atoms with Gasteiger partial charge in [0.15, 0.2) is 0 Å². The van der Waals surface area contributed by atoms with E-state index in [9.17, 15) is 4.79 Å². The van der Waals surface area contributed by atoms with Gasteiger partial charge in [0.05, 0.1) is 5.56 Å². The van der Waals surface area contributed by atoms with E-state index in [1.165, 1.54) is 6.20 Å². The standard InChI is InChI=1S/C17H15BrN4O2/c1-22-7-6-20-16(22)11-24-15-4-2-14(3-5-15)21-17(23)12-8-13(18)10-19-9-12/h2-10H,11H2,1H3,(H,21,23). The first-order valence-electron chi connectivity index (χ1n) is 7.23. The van der Waals surface area contributed by atoms with Crippen LogP contribution in [0.3, 0.4) is 0 Å². The Morgan fingerprint density at radius 2 is 2.08 bits per heavy atom. The lowest BCUT2D eigenvalue weighted by Crippen LogP contribution is -2.12. The van der Waals surface area contributed by atoms with E-state index in [4.69, 9.17) is 4.74 Å². The third kappa shape index (κ3) is 3.99. The molecule has 0 radical (unpaired) electrons. The molecule has 0 spiro atoms. The van der Waals surface area contributed by atoms with Gasteiger partial charge in [-0.2, -0.15) is 0 Å². The molecule has 0 bridgehead atoms. The zero-order valence-electron chi connectivity index (χ0n) is 12.9. The topological polar surface area (TPSA) is 69.0 Å². The number of hydrogen-bond donors (Lipinski definition) is 1. The SMILES string of the molecule is Cn1ccnc1COc1ccc(NC(=O)c2cncc(Br)c2)cc1. The number of nitrogens with one attached hydrogen (secondary N) is 1. The van der Waals surface area contributed by atoms with Crippen molar-refractivity contribution < 1.29 is 9.53 Å². The minimum Gasteiger partial charge on any atom is -0.486 e. The molecule has 2 aromatic heterocycles. The average Bonchev–Trinajstić information content (AvgIpc) is 2.99. The lowest BCUT2D eigenvalue weighted by molar-refractivity contribution is 0.102. The number of aromatic nitrogens is 3. The van der Waals surface area contributed by atoms with Crippen LogP contribution in [0.2, 0.25) is 0 Å². The highest BCUT2D eigenvalue weighted by atomic mass is 79.9. The fourth-order valence-corrected chi connectivity index (χ4v) is 2.42. The molecule has 0 fully saturated rings. The molecule has 2 heterocycles. The number of amides is 1. The molecule has 7 heteroatoms. The lowest BCUT2D eigenvalue weighted by atomic mass is 10.2. The first-order valence-corrected chi connectivity index (χ1v) is 8.02. The molecular formula is C17H15BrN4O2. The maximum absolute atomic E-state index is 12.2. The average molecular weight is 387 g/mol. The summed E-state index contributed by atoms with van der Waals surface area (Å²) < 4.78 is 8.34. The van der Waals surface area contributed by atoms with E-state index in [1.807, 2.05) is 17.8 Å². The molecule has 0 aliphatic carbocycles. The number of pyridine rings is 1. The summed E-state index contributed by atoms with van der Waals surface area (Å²) in [5.41, 5.74) is 1.17. The highest BCUT2D eigenvalue weighted by Crippen LogP contribution is 2.18. The van der Waals surface area contributed by atoms with Gasteiger partial charge in [-0.3, -0.25) is 9.78 Å². The summed E-state index contributed by atoms with van der Waals surface area (Å²) in [7, 11) is 1.92. The maximum atomic E-state index is 12.2. The van der Waals surface area contributed by atoms with Crippen LogP contribution in [-0.4, -0.2) is 20.4 Å². The number of rotatable bonds is 5. The predicted octanol–water partition coefficient (Wildman–Crippen LogP) is 3.41. The molecule has 0 unspecified atom stereocenters. The third-order valence-corrected chi connectivity index (χ3v) is 3.80. The molecular weight excluding hydrogens is 372 g/mol. The minimum absolute atomic E-state index is 0.217. The molecule has 1 aromatic carbocycles. The summed E-state index contributed by atoms with van der Waals surface area (Å²) in [6, 6.07) is 8.90. The van der Waals surface area contributed by atoms with Crippen LogP contribution in [0.5, 0.6) is 5.75 Å². The first-order chi connectivity index (χ1) is 11.6. The Balaban J connectivity index is 1.60. The van der Waals surface area contributed by atoms with Crippen molar-refractivity contribution in [3.8, 4) is 5.75 Å². The normalized spacial score (nSPS) is 10.4. The number of carbonyl (C=O) groups excluding carboxylic acids is 1. The highest BCUT2D eigenvalue weighted by Gasteiger charge is 2.07. The van der Waals surface area contributed by atoms with Gasteiger partial charge in [0.1, 0.15) is 18.2 Å². The fraction of sp³-hybridized carbons (Fsp3) is 0.118. The van der Waals surface area contributed by atoms with Crippen molar-refractivity contribution >= 4 is 27.5 Å². The van der Waals surface area contributed by atoms with Crippen LogP contribution in [0.1, 0.15) is 16.2 Å². The van der Waals surface area contributed by atoms with Crippen LogP contribution >= 0.6 is 15.9 Å². The molecule has 3 rings (SSSR count). The largest absolute Gasteiger partial charge is 0.486 e. The summed E-state index contributed by atoms with van der Waals surface area (Å²) in [6.45, 7) is 0.388. The summed E-state index contributed by atoms with van der Waals surface area (Å²) >= 11 is 3.30. The number of carbonyl (C=O) groups is 1. The van der Waals surface area contributed by atoms with Crippen molar-refractivity contribution in [3.63, 3.8) is 0 Å². The van der Waals surface area contributed by atoms with E-state index in [0.29, 0.717) is 23.6 Å². The van der Waals surface area contributed by atoms with Gasteiger partial charge in [-0.25, -0.2) is 4.98 Å². The maximum Gasteiger partial charge on any atom is 0.257 e. The van der Waals surface area contributed by atoms with Gasteiger partial charge in [0.2, 0.25) is 0 Å². The molecule has 122 valence electrons. The number of hydrogen-bond acceptors (Lipinski definition) is 4. The van der Waals surface area contributed by atoms with Crippen LogP contribution in [-0.2, 0) is 13.7 Å². The molecule has 0 saturated carbocycles. The van der Waals surface area contributed by atoms with Crippen molar-refractivity contribution in [2.45, 2.75) is 6.61 Å². The monoisotopic (exact) mass is 386 g/mol. The Morgan fingerprint density at radius 3 is 2.75 bits per heavy atom. The number of imidazole rings is 1. The quantitative estimate of drug-likeness (QED) is 0.729. The van der Waals surface area contributed by atoms with Crippen molar-refractivity contribution in [2.75, 3.05) is 5.32 Å². The van der Waals surface area contributed by atoms with Crippen LogP contribution in [0.4, 0.5) is 5.69 Å². The summed E-state index contributed by atoms with van der Waals surface area (Å²) in [5, 5.41) is 2.82. The zero-order chi connectivity index (χ0) is 16.9. The number of benzene rings is 1. The van der Waals surface area contributed by atoms with Gasteiger partial charge >= 0.3 is 0 Å². The second-order valence-corrected chi connectivity index (χ2v) is 6.03. The van der Waals surface area contributed by atoms with Crippen LogP contribution < -0.4 is 10.1 Å². The van der Waals surface area contributed by atoms with Gasteiger partial charge in [0, 0.05) is 42.0 Å². The number of anilines is 1. The second-order valence-electron chi connectivity index (χ2n) is 5.11. The van der Waals surface area contributed by atoms with Gasteiger partial charge in [0.25, 0.3) is 5.91 Å². The molecule has 24 heavy (non-hydrogen) atoms. The summed E-state index contributed by atoms with van der Waals surface area (Å²) in [6.07, 6.45) is 6.75. The Kier molecular flexibility index (Phi) is 4.90. The van der Waals surface area contributed by atoms with Crippen LogP contribution in [0.25, 0.3) is 0 Å². The number of aryl methyl sites for hydroxylation is 1. The Bertz CT molecular complexity index is 846. The van der Waals surface area contributed by atoms with Crippen molar-refractivity contribution in [2.24, 2.45) is 7.05 Å². The van der Waals surface area contributed by atoms with E-state index in [-0.39, 0.29) is 5.91 Å². The van der Waals surface area contributed by atoms with E-state index in [1.54, 1.807) is 42.7 Å². The minimum atomic E-state index is -0.217. The third-order valence-electron chi connectivity index (χ3n) is 3.37. The molecule has 1 N–H and O–H groups in total. The highest BCUT2D eigenvalue weighted by molar-refractivity contribution is 9.10. The Labute approximate surface area is 147 Å². The van der Waals surface area contributed by atoms with E-state index >= 15 is 0 Å². The van der Waals surface area contributed by atoms with Gasteiger partial charge in [-0.15, -0.1) is 0 Å². The molecule has 3 aromatic rings. The van der Waals surface area contributed by atoms with Crippen LogP contribution in [0, 0.1) is 0 Å². The Hall–Kier alpha value is -2.67. The number of nitrogens with zero attached hydrogens (tertiary/aromatic N) is 3. The second kappa shape index (κ2) is 7.27. The molecule has 6 nitrogen and oxygen atoms in total. The van der Waals surface area contributed by atoms with Gasteiger partial charge < -0.3 is 14.6 Å². The fourth-order valence-electron chi connectivity index (χ4n) is 2.06. The van der Waals surface area contributed by atoms with Gasteiger partial charge in [-0.1, -0.05) is 0 Å². The Morgan fingerprint density at radius 1 is 1.29 bits per heavy atom. The lowest BCUT2D eigenvalue weighted by Gasteiger charge is -2.08. The first kappa shape index (κ1) is 16.2. The van der Waals surface area contributed by atoms with E-state index in [2.05, 4.69) is 31.2 Å². The number of ether oxygens (including phenoxy) is 1. The van der Waals surface area contributed by atoms with E-state index < -0.39 is 0 Å². The smallest absolute Gasteiger partial charge is 0.257 e. The zero-order valence-corrected chi connectivity index (χ0v) is 14.5. The summed E-state index contributed by atoms with van der Waals surface area (Å²) in [5.74, 6) is 1.33. The molecule has 1 amide bonds. The number of halogens is 1. The van der Waals surface area contributed by atoms with Crippen molar-refractivity contribution in [1.29, 1.82) is 0 Å². The summed E-state index contributed by atoms with van der Waals surface area (Å²) in [4.78, 5) is 20.3. The molecule has 0 saturated heterocycles. The predicted molar refractivity (Wildman–Crippen MR) is 93.9 cm³/mol. The molecule has 0 atom stereocenters. The van der Waals surface area contributed by atoms with Crippen molar-refractivity contribution in [1.82, 2.24) is 14.5 Å². The van der Waals surface area contributed by atoms with Crippen molar-refractivity contribution in [3.05, 3.63) is 71.0 Å². The van der Waals surface area contributed by atoms with Crippen LogP contribution in [0.15, 0.2) is 59.6 Å². The van der Waals surface area contributed by atoms with E-state index in [0.717, 1.165) is 10.3 Å². The van der Waals surface area contributed by atoms with Gasteiger partial charge in [-0.05, 0) is 46.3 Å². The molecule has 0 aliphatic heterocycles. The molecule has 0 aliphatic rings.